The fourth-order valence-corrected chi connectivity index (χ4v) is 7.95. The molecule has 14 heteroatoms. The van der Waals surface area contributed by atoms with E-state index in [2.05, 4.69) is 38.2 Å². The number of ether oxygens (including phenoxy) is 2. The van der Waals surface area contributed by atoms with Gasteiger partial charge in [0.15, 0.2) is 6.10 Å². The number of hydrogen-bond acceptors (Lipinski definition) is 12. The molecule has 0 heterocycles. The van der Waals surface area contributed by atoms with Gasteiger partial charge in [0.25, 0.3) is 0 Å². The number of phosphoric acid groups is 1. The van der Waals surface area contributed by atoms with Crippen LogP contribution in [-0.4, -0.2) is 98.3 Å². The van der Waals surface area contributed by atoms with Crippen LogP contribution in [0.15, 0.2) is 24.3 Å². The van der Waals surface area contributed by atoms with Crippen LogP contribution < -0.4 is 0 Å². The number of unbranched alkanes of at least 4 members (excludes halogenated alkanes) is 22. The Bertz CT molecular complexity index is 1130. The Hall–Kier alpha value is -1.67. The van der Waals surface area contributed by atoms with Gasteiger partial charge in [-0.3, -0.25) is 18.6 Å². The zero-order valence-corrected chi connectivity index (χ0v) is 37.4. The van der Waals surface area contributed by atoms with Crippen molar-refractivity contribution in [3.05, 3.63) is 24.3 Å². The number of aliphatic hydroxyl groups excluding tert-OH is 5. The zero-order chi connectivity index (χ0) is 43.6. The Labute approximate surface area is 356 Å². The molecule has 0 spiro atoms. The first kappa shape index (κ1) is 55.3. The zero-order valence-electron chi connectivity index (χ0n) is 36.6. The van der Waals surface area contributed by atoms with E-state index in [4.69, 9.17) is 18.5 Å². The molecule has 0 aliphatic heterocycles. The van der Waals surface area contributed by atoms with Crippen molar-refractivity contribution in [1.29, 1.82) is 0 Å². The van der Waals surface area contributed by atoms with Gasteiger partial charge in [-0.15, -0.1) is 0 Å². The second kappa shape index (κ2) is 35.9. The molecule has 6 unspecified atom stereocenters. The molecule has 346 valence electrons. The van der Waals surface area contributed by atoms with Crippen molar-refractivity contribution in [3.8, 4) is 0 Å². The fourth-order valence-electron chi connectivity index (χ4n) is 6.98. The maximum Gasteiger partial charge on any atom is 0.472 e. The second-order valence-corrected chi connectivity index (χ2v) is 17.7. The van der Waals surface area contributed by atoms with E-state index in [0.717, 1.165) is 77.0 Å². The van der Waals surface area contributed by atoms with E-state index in [0.29, 0.717) is 12.8 Å². The Kier molecular flexibility index (Phi) is 33.7. The molecule has 6 N–H and O–H groups in total. The van der Waals surface area contributed by atoms with E-state index >= 15 is 0 Å². The van der Waals surface area contributed by atoms with Crippen molar-refractivity contribution in [2.75, 3.05) is 13.2 Å². The number of rotatable bonds is 38. The Morgan fingerprint density at radius 1 is 0.508 bits per heavy atom. The molecule has 0 amide bonds. The number of phosphoric ester groups is 1. The smallest absolute Gasteiger partial charge is 0.462 e. The van der Waals surface area contributed by atoms with Gasteiger partial charge < -0.3 is 39.9 Å². The third-order valence-electron chi connectivity index (χ3n) is 10.8. The summed E-state index contributed by atoms with van der Waals surface area (Å²) in [6.45, 7) is 3.28. The van der Waals surface area contributed by atoms with Crippen molar-refractivity contribution < 1.29 is 63.1 Å². The predicted octanol–water partition coefficient (Wildman–Crippen LogP) is 8.84. The van der Waals surface area contributed by atoms with Gasteiger partial charge in [-0.25, -0.2) is 4.57 Å². The molecule has 1 rings (SSSR count). The van der Waals surface area contributed by atoms with Gasteiger partial charge in [0, 0.05) is 12.8 Å². The second-order valence-electron chi connectivity index (χ2n) is 16.3. The molecular weight excluding hydrogens is 779 g/mol. The minimum atomic E-state index is -5.12. The van der Waals surface area contributed by atoms with Crippen LogP contribution in [0.5, 0.6) is 0 Å². The molecule has 13 nitrogen and oxygen atoms in total. The molecule has 0 saturated heterocycles. The molecule has 0 bridgehead atoms. The maximum atomic E-state index is 12.8. The molecule has 1 aliphatic carbocycles. The summed E-state index contributed by atoms with van der Waals surface area (Å²) in [6, 6.07) is 0. The van der Waals surface area contributed by atoms with Gasteiger partial charge in [0.1, 0.15) is 43.2 Å². The number of carbonyl (C=O) groups is 2. The highest BCUT2D eigenvalue weighted by atomic mass is 31.2. The standard InChI is InChI=1S/C45H83O13P/c1-3-5-7-9-11-13-15-17-19-21-23-25-27-29-31-33-38(46)55-35-37(36-56-59(53,54)58-45-43(51)41(49)40(48)42(50)44(45)52)57-39(47)34-32-30-28-26-24-22-20-18-16-14-12-10-8-6-4-2/h17-20,37,40-45,48-52H,3-16,21-36H2,1-2H3,(H,53,54). The third kappa shape index (κ3) is 28.5. The van der Waals surface area contributed by atoms with Crippen LogP contribution in [0.2, 0.25) is 0 Å². The number of carbonyl (C=O) groups excluding carboxylic acids is 2. The van der Waals surface area contributed by atoms with Gasteiger partial charge in [-0.1, -0.05) is 141 Å². The molecule has 1 aliphatic rings. The van der Waals surface area contributed by atoms with Crippen molar-refractivity contribution in [1.82, 2.24) is 0 Å². The van der Waals surface area contributed by atoms with E-state index in [1.54, 1.807) is 0 Å². The molecule has 59 heavy (non-hydrogen) atoms. The summed E-state index contributed by atoms with van der Waals surface area (Å²) in [5, 5.41) is 50.1. The third-order valence-corrected chi connectivity index (χ3v) is 11.8. The Morgan fingerprint density at radius 2 is 0.864 bits per heavy atom. The fraction of sp³-hybridized carbons (Fsp3) is 0.867. The lowest BCUT2D eigenvalue weighted by molar-refractivity contribution is -0.220. The highest BCUT2D eigenvalue weighted by Crippen LogP contribution is 2.47. The summed E-state index contributed by atoms with van der Waals surface area (Å²) in [5.41, 5.74) is 0. The van der Waals surface area contributed by atoms with E-state index < -0.39 is 75.7 Å². The molecule has 0 aromatic rings. The van der Waals surface area contributed by atoms with Gasteiger partial charge >= 0.3 is 19.8 Å². The molecule has 1 saturated carbocycles. The Morgan fingerprint density at radius 3 is 1.29 bits per heavy atom. The lowest BCUT2D eigenvalue weighted by Gasteiger charge is -2.41. The summed E-state index contributed by atoms with van der Waals surface area (Å²) in [5.74, 6) is -1.11. The van der Waals surface area contributed by atoms with Gasteiger partial charge in [-0.05, 0) is 64.2 Å². The number of aliphatic hydroxyl groups is 5. The minimum Gasteiger partial charge on any atom is -0.462 e. The van der Waals surface area contributed by atoms with Crippen LogP contribution in [-0.2, 0) is 32.7 Å². The first-order valence-corrected chi connectivity index (χ1v) is 24.6. The molecular formula is C45H83O13P. The Balaban J connectivity index is 2.47. The monoisotopic (exact) mass is 863 g/mol. The SMILES string of the molecule is CCCCCCCCC=CCCCCCCCC(=O)OCC(COP(=O)(O)OC1C(O)C(O)C(O)C(O)C1O)OC(=O)CCCCCCCC=CCCCCCCCC. The van der Waals surface area contributed by atoms with Crippen LogP contribution in [0.4, 0.5) is 0 Å². The van der Waals surface area contributed by atoms with Crippen molar-refractivity contribution in [2.45, 2.75) is 236 Å². The first-order chi connectivity index (χ1) is 28.4. The van der Waals surface area contributed by atoms with E-state index in [1.165, 1.54) is 77.0 Å². The van der Waals surface area contributed by atoms with E-state index in [1.807, 2.05) is 0 Å². The molecule has 0 aromatic heterocycles. The number of esters is 2. The summed E-state index contributed by atoms with van der Waals surface area (Å²) in [7, 11) is -5.12. The van der Waals surface area contributed by atoms with E-state index in [-0.39, 0.29) is 12.8 Å². The predicted molar refractivity (Wildman–Crippen MR) is 230 cm³/mol. The lowest BCUT2D eigenvalue weighted by atomic mass is 9.85. The maximum absolute atomic E-state index is 12.8. The molecule has 0 radical (unpaired) electrons. The highest BCUT2D eigenvalue weighted by Gasteiger charge is 2.51. The van der Waals surface area contributed by atoms with Crippen LogP contribution in [0.1, 0.15) is 194 Å². The molecule has 0 aromatic carbocycles. The van der Waals surface area contributed by atoms with Crippen molar-refractivity contribution >= 4 is 19.8 Å². The van der Waals surface area contributed by atoms with Gasteiger partial charge in [-0.2, -0.15) is 0 Å². The van der Waals surface area contributed by atoms with Crippen molar-refractivity contribution in [2.24, 2.45) is 0 Å². The average molecular weight is 863 g/mol. The van der Waals surface area contributed by atoms with Gasteiger partial charge in [0.05, 0.1) is 6.61 Å². The summed E-state index contributed by atoms with van der Waals surface area (Å²) in [6.07, 6.45) is 25.2. The average Bonchev–Trinajstić information content (AvgIpc) is 3.21. The largest absolute Gasteiger partial charge is 0.472 e. The van der Waals surface area contributed by atoms with Crippen LogP contribution in [0, 0.1) is 0 Å². The number of hydrogen-bond donors (Lipinski definition) is 6. The summed E-state index contributed by atoms with van der Waals surface area (Å²) < 4.78 is 33.5. The van der Waals surface area contributed by atoms with Crippen LogP contribution in [0.3, 0.4) is 0 Å². The quantitative estimate of drug-likeness (QED) is 0.0149. The summed E-state index contributed by atoms with van der Waals surface area (Å²) in [4.78, 5) is 35.7. The van der Waals surface area contributed by atoms with Crippen molar-refractivity contribution in [3.63, 3.8) is 0 Å². The topological polar surface area (TPSA) is 210 Å². The highest BCUT2D eigenvalue weighted by molar-refractivity contribution is 7.47. The van der Waals surface area contributed by atoms with Crippen LogP contribution in [0.25, 0.3) is 0 Å². The normalized spacial score (nSPS) is 22.5. The lowest BCUT2D eigenvalue weighted by Crippen LogP contribution is -2.64. The molecule has 1 fully saturated rings. The summed E-state index contributed by atoms with van der Waals surface area (Å²) >= 11 is 0. The van der Waals surface area contributed by atoms with Crippen LogP contribution >= 0.6 is 7.82 Å². The molecule has 6 atom stereocenters. The van der Waals surface area contributed by atoms with Gasteiger partial charge in [0.2, 0.25) is 0 Å². The first-order valence-electron chi connectivity index (χ1n) is 23.1. The minimum absolute atomic E-state index is 0.0867. The van der Waals surface area contributed by atoms with E-state index in [9.17, 15) is 44.6 Å². The number of allylic oxidation sites excluding steroid dienone is 4.